The van der Waals surface area contributed by atoms with Crippen LogP contribution in [0, 0.1) is 18.3 Å². The second kappa shape index (κ2) is 9.11. The second-order valence-corrected chi connectivity index (χ2v) is 7.67. The quantitative estimate of drug-likeness (QED) is 0.771. The standard InChI is InChI=1S/C24H28N2O3/c1-4-18(3)29-21-9-10-22(19(15-21)16-25)26-23(27)24(11-13-28-14-12-24)20-7-5-17(2)6-8-20/h5-10,15,18H,4,11-14H2,1-3H3,(H,26,27)/t18-/m1/s1. The Kier molecular flexibility index (Phi) is 6.56. The Morgan fingerprint density at radius 3 is 2.55 bits per heavy atom. The maximum Gasteiger partial charge on any atom is 0.235 e. The summed E-state index contributed by atoms with van der Waals surface area (Å²) in [6, 6.07) is 15.5. The average Bonchev–Trinajstić information content (AvgIpc) is 2.75. The van der Waals surface area contributed by atoms with Gasteiger partial charge in [-0.1, -0.05) is 36.8 Å². The van der Waals surface area contributed by atoms with E-state index in [1.807, 2.05) is 45.0 Å². The highest BCUT2D eigenvalue weighted by atomic mass is 16.5. The van der Waals surface area contributed by atoms with E-state index in [9.17, 15) is 10.1 Å². The first-order valence-corrected chi connectivity index (χ1v) is 10.2. The first-order chi connectivity index (χ1) is 14.0. The molecule has 3 rings (SSSR count). The van der Waals surface area contributed by atoms with E-state index >= 15 is 0 Å². The van der Waals surface area contributed by atoms with Gasteiger partial charge in [-0.05, 0) is 50.8 Å². The fourth-order valence-electron chi connectivity index (χ4n) is 3.60. The molecule has 1 heterocycles. The van der Waals surface area contributed by atoms with Crippen LogP contribution in [0.15, 0.2) is 42.5 Å². The Morgan fingerprint density at radius 1 is 1.24 bits per heavy atom. The maximum absolute atomic E-state index is 13.4. The smallest absolute Gasteiger partial charge is 0.235 e. The Bertz CT molecular complexity index is 893. The topological polar surface area (TPSA) is 71.3 Å². The van der Waals surface area contributed by atoms with Gasteiger partial charge in [-0.3, -0.25) is 4.79 Å². The van der Waals surface area contributed by atoms with Crippen molar-refractivity contribution in [3.8, 4) is 11.8 Å². The zero-order chi connectivity index (χ0) is 20.9. The van der Waals surface area contributed by atoms with Crippen LogP contribution in [0.4, 0.5) is 5.69 Å². The Balaban J connectivity index is 1.88. The second-order valence-electron chi connectivity index (χ2n) is 7.67. The van der Waals surface area contributed by atoms with Crippen LogP contribution < -0.4 is 10.1 Å². The average molecular weight is 392 g/mol. The molecule has 152 valence electrons. The molecule has 5 heteroatoms. The van der Waals surface area contributed by atoms with Gasteiger partial charge in [0.1, 0.15) is 11.8 Å². The van der Waals surface area contributed by atoms with Crippen LogP contribution in [-0.2, 0) is 14.9 Å². The van der Waals surface area contributed by atoms with Crippen molar-refractivity contribution in [1.82, 2.24) is 0 Å². The number of nitriles is 1. The number of nitrogens with one attached hydrogen (secondary N) is 1. The van der Waals surface area contributed by atoms with Crippen molar-refractivity contribution in [3.63, 3.8) is 0 Å². The van der Waals surface area contributed by atoms with E-state index < -0.39 is 5.41 Å². The molecule has 1 aliphatic heterocycles. The van der Waals surface area contributed by atoms with Crippen LogP contribution in [0.1, 0.15) is 49.8 Å². The first kappa shape index (κ1) is 20.9. The summed E-state index contributed by atoms with van der Waals surface area (Å²) in [7, 11) is 0. The van der Waals surface area contributed by atoms with Gasteiger partial charge in [0.25, 0.3) is 0 Å². The minimum absolute atomic E-state index is 0.0639. The summed E-state index contributed by atoms with van der Waals surface area (Å²) in [6.07, 6.45) is 2.16. The lowest BCUT2D eigenvalue weighted by molar-refractivity contribution is -0.125. The highest BCUT2D eigenvalue weighted by Gasteiger charge is 2.41. The van der Waals surface area contributed by atoms with Crippen molar-refractivity contribution in [1.29, 1.82) is 5.26 Å². The molecule has 0 aromatic heterocycles. The molecule has 1 fully saturated rings. The van der Waals surface area contributed by atoms with Crippen LogP contribution in [0.2, 0.25) is 0 Å². The van der Waals surface area contributed by atoms with Gasteiger partial charge >= 0.3 is 0 Å². The third-order valence-electron chi connectivity index (χ3n) is 5.66. The van der Waals surface area contributed by atoms with Crippen molar-refractivity contribution in [2.24, 2.45) is 0 Å². The predicted molar refractivity (Wildman–Crippen MR) is 113 cm³/mol. The summed E-state index contributed by atoms with van der Waals surface area (Å²) in [5.74, 6) is 0.532. The van der Waals surface area contributed by atoms with Crippen molar-refractivity contribution in [2.75, 3.05) is 18.5 Å². The zero-order valence-electron chi connectivity index (χ0n) is 17.3. The predicted octanol–water partition coefficient (Wildman–Crippen LogP) is 4.73. The summed E-state index contributed by atoms with van der Waals surface area (Å²) in [5.41, 5.74) is 2.38. The largest absolute Gasteiger partial charge is 0.491 e. The summed E-state index contributed by atoms with van der Waals surface area (Å²) >= 11 is 0. The lowest BCUT2D eigenvalue weighted by Gasteiger charge is -2.36. The SMILES string of the molecule is CC[C@@H](C)Oc1ccc(NC(=O)C2(c3ccc(C)cc3)CCOCC2)c(C#N)c1. The fraction of sp³-hybridized carbons (Fsp3) is 0.417. The minimum Gasteiger partial charge on any atom is -0.491 e. The number of anilines is 1. The molecule has 1 amide bonds. The fourth-order valence-corrected chi connectivity index (χ4v) is 3.60. The van der Waals surface area contributed by atoms with Gasteiger partial charge in [-0.2, -0.15) is 5.26 Å². The van der Waals surface area contributed by atoms with E-state index in [4.69, 9.17) is 9.47 Å². The number of benzene rings is 2. The monoisotopic (exact) mass is 392 g/mol. The van der Waals surface area contributed by atoms with Gasteiger partial charge in [0, 0.05) is 19.3 Å². The van der Waals surface area contributed by atoms with Gasteiger partial charge in [-0.15, -0.1) is 0 Å². The number of nitrogens with zero attached hydrogens (tertiary/aromatic N) is 1. The van der Waals surface area contributed by atoms with E-state index in [1.54, 1.807) is 18.2 Å². The van der Waals surface area contributed by atoms with Gasteiger partial charge < -0.3 is 14.8 Å². The van der Waals surface area contributed by atoms with E-state index in [-0.39, 0.29) is 12.0 Å². The van der Waals surface area contributed by atoms with Gasteiger partial charge in [-0.25, -0.2) is 0 Å². The van der Waals surface area contributed by atoms with Gasteiger partial charge in [0.05, 0.1) is 22.8 Å². The highest BCUT2D eigenvalue weighted by molar-refractivity contribution is 6.00. The molecule has 0 unspecified atom stereocenters. The number of ether oxygens (including phenoxy) is 2. The van der Waals surface area contributed by atoms with E-state index in [1.165, 1.54) is 0 Å². The normalized spacial score (nSPS) is 16.5. The number of hydrogen-bond acceptors (Lipinski definition) is 4. The molecule has 1 aliphatic rings. The molecular weight excluding hydrogens is 364 g/mol. The van der Waals surface area contributed by atoms with Gasteiger partial charge in [0.2, 0.25) is 5.91 Å². The lowest BCUT2D eigenvalue weighted by atomic mass is 9.73. The summed E-state index contributed by atoms with van der Waals surface area (Å²) < 4.78 is 11.3. The molecule has 0 saturated carbocycles. The summed E-state index contributed by atoms with van der Waals surface area (Å²) in [4.78, 5) is 13.4. The Labute approximate surface area is 172 Å². The molecule has 1 N–H and O–H groups in total. The van der Waals surface area contributed by atoms with Crippen LogP contribution >= 0.6 is 0 Å². The molecule has 29 heavy (non-hydrogen) atoms. The maximum atomic E-state index is 13.4. The molecule has 2 aromatic rings. The van der Waals surface area contributed by atoms with Crippen LogP contribution in [-0.4, -0.2) is 25.2 Å². The minimum atomic E-state index is -0.662. The lowest BCUT2D eigenvalue weighted by Crippen LogP contribution is -2.45. The summed E-state index contributed by atoms with van der Waals surface area (Å²) in [5, 5.41) is 12.6. The van der Waals surface area contributed by atoms with E-state index in [0.717, 1.165) is 17.5 Å². The molecule has 0 aliphatic carbocycles. The van der Waals surface area contributed by atoms with Crippen molar-refractivity contribution >= 4 is 11.6 Å². The van der Waals surface area contributed by atoms with Crippen LogP contribution in [0.3, 0.4) is 0 Å². The van der Waals surface area contributed by atoms with E-state index in [0.29, 0.717) is 43.1 Å². The number of rotatable bonds is 6. The molecular formula is C24H28N2O3. The third kappa shape index (κ3) is 4.60. The summed E-state index contributed by atoms with van der Waals surface area (Å²) in [6.45, 7) is 7.13. The number of hydrogen-bond donors (Lipinski definition) is 1. The third-order valence-corrected chi connectivity index (χ3v) is 5.66. The molecule has 0 radical (unpaired) electrons. The van der Waals surface area contributed by atoms with Crippen LogP contribution in [0.5, 0.6) is 5.75 Å². The molecule has 2 aromatic carbocycles. The van der Waals surface area contributed by atoms with Gasteiger partial charge in [0.15, 0.2) is 0 Å². The molecule has 1 atom stereocenters. The molecule has 0 bridgehead atoms. The number of aryl methyl sites for hydroxylation is 1. The molecule has 5 nitrogen and oxygen atoms in total. The highest BCUT2D eigenvalue weighted by Crippen LogP contribution is 2.37. The van der Waals surface area contributed by atoms with E-state index in [2.05, 4.69) is 11.4 Å². The molecule has 0 spiro atoms. The first-order valence-electron chi connectivity index (χ1n) is 10.2. The van der Waals surface area contributed by atoms with Crippen molar-refractivity contribution in [3.05, 3.63) is 59.2 Å². The number of carbonyl (C=O) groups is 1. The Morgan fingerprint density at radius 2 is 1.93 bits per heavy atom. The molecule has 1 saturated heterocycles. The zero-order valence-corrected chi connectivity index (χ0v) is 17.3. The van der Waals surface area contributed by atoms with Crippen molar-refractivity contribution in [2.45, 2.75) is 51.6 Å². The van der Waals surface area contributed by atoms with Crippen molar-refractivity contribution < 1.29 is 14.3 Å². The number of carbonyl (C=O) groups excluding carboxylic acids is 1. The Hall–Kier alpha value is -2.84. The number of amides is 1. The van der Waals surface area contributed by atoms with Crippen LogP contribution in [0.25, 0.3) is 0 Å².